The van der Waals surface area contributed by atoms with Crippen LogP contribution >= 0.6 is 0 Å². The number of likely N-dealkylation sites (tertiary alicyclic amines) is 1. The van der Waals surface area contributed by atoms with Crippen LogP contribution < -0.4 is 5.32 Å². The molecule has 2 rings (SSSR count). The number of amides is 2. The molecule has 6 nitrogen and oxygen atoms in total. The minimum atomic E-state index is -5.09. The number of hydrogen-bond donors (Lipinski definition) is 2. The van der Waals surface area contributed by atoms with Crippen LogP contribution in [0.15, 0.2) is 0 Å². The molecule has 0 aromatic heterocycles. The van der Waals surface area contributed by atoms with Crippen molar-refractivity contribution in [2.24, 2.45) is 11.3 Å². The van der Waals surface area contributed by atoms with Gasteiger partial charge in [0.2, 0.25) is 5.91 Å². The van der Waals surface area contributed by atoms with Gasteiger partial charge >= 0.3 is 18.1 Å². The van der Waals surface area contributed by atoms with E-state index in [4.69, 9.17) is 0 Å². The number of nitrogens with zero attached hydrogens (tertiary/aromatic N) is 1. The lowest BCUT2D eigenvalue weighted by molar-refractivity contribution is -0.176. The second-order valence-electron chi connectivity index (χ2n) is 6.78. The predicted octanol–water partition coefficient (Wildman–Crippen LogP) is 1.16. The second kappa shape index (κ2) is 5.68. The van der Waals surface area contributed by atoms with Crippen molar-refractivity contribution in [2.75, 3.05) is 6.54 Å². The molecule has 2 aliphatic rings. The molecule has 9 heteroatoms. The highest BCUT2D eigenvalue weighted by Gasteiger charge is 2.54. The van der Waals surface area contributed by atoms with E-state index in [1.807, 2.05) is 13.8 Å². The number of halogens is 3. The molecule has 130 valence electrons. The molecular formula is C14H19F3N2O4. The fraction of sp³-hybridized carbons (Fsp3) is 0.786. The zero-order valence-electron chi connectivity index (χ0n) is 12.8. The maximum atomic E-state index is 12.4. The number of nitrogens with one attached hydrogen (secondary N) is 1. The van der Waals surface area contributed by atoms with Gasteiger partial charge in [-0.15, -0.1) is 0 Å². The molecule has 3 atom stereocenters. The summed E-state index contributed by atoms with van der Waals surface area (Å²) in [5, 5.41) is 11.1. The minimum Gasteiger partial charge on any atom is -0.480 e. The van der Waals surface area contributed by atoms with Crippen LogP contribution in [0.5, 0.6) is 0 Å². The SMILES string of the molecule is CC1(C)CC1C(=O)N1CCCC(NC(=O)C(F)(F)F)C1C(=O)O. The quantitative estimate of drug-likeness (QED) is 0.810. The van der Waals surface area contributed by atoms with Crippen LogP contribution in [0.4, 0.5) is 13.2 Å². The Morgan fingerprint density at radius 2 is 1.83 bits per heavy atom. The van der Waals surface area contributed by atoms with Crippen LogP contribution in [-0.2, 0) is 14.4 Å². The average Bonchev–Trinajstić information content (AvgIpc) is 3.05. The molecule has 0 spiro atoms. The monoisotopic (exact) mass is 336 g/mol. The first-order valence-electron chi connectivity index (χ1n) is 7.36. The zero-order valence-corrected chi connectivity index (χ0v) is 12.8. The van der Waals surface area contributed by atoms with Gasteiger partial charge in [0.15, 0.2) is 0 Å². The second-order valence-corrected chi connectivity index (χ2v) is 6.78. The van der Waals surface area contributed by atoms with Gasteiger partial charge < -0.3 is 15.3 Å². The third kappa shape index (κ3) is 3.59. The topological polar surface area (TPSA) is 86.7 Å². The molecule has 0 bridgehead atoms. The molecule has 1 heterocycles. The first-order chi connectivity index (χ1) is 10.4. The largest absolute Gasteiger partial charge is 0.480 e. The van der Waals surface area contributed by atoms with Gasteiger partial charge in [0, 0.05) is 12.5 Å². The van der Waals surface area contributed by atoms with Gasteiger partial charge in [0.1, 0.15) is 6.04 Å². The van der Waals surface area contributed by atoms with Crippen molar-refractivity contribution >= 4 is 17.8 Å². The molecule has 0 aromatic carbocycles. The van der Waals surface area contributed by atoms with Gasteiger partial charge in [-0.2, -0.15) is 13.2 Å². The number of carbonyl (C=O) groups is 3. The van der Waals surface area contributed by atoms with E-state index in [0.717, 1.165) is 4.90 Å². The number of carboxylic acids is 1. The van der Waals surface area contributed by atoms with Crippen LogP contribution in [-0.4, -0.2) is 52.6 Å². The Balaban J connectivity index is 2.16. The predicted molar refractivity (Wildman–Crippen MR) is 72.2 cm³/mol. The number of alkyl halides is 3. The van der Waals surface area contributed by atoms with Gasteiger partial charge in [-0.25, -0.2) is 4.79 Å². The van der Waals surface area contributed by atoms with E-state index in [0.29, 0.717) is 12.8 Å². The van der Waals surface area contributed by atoms with Crippen molar-refractivity contribution in [2.45, 2.75) is 51.4 Å². The lowest BCUT2D eigenvalue weighted by Gasteiger charge is -2.39. The first kappa shape index (κ1) is 17.6. The van der Waals surface area contributed by atoms with E-state index >= 15 is 0 Å². The summed E-state index contributed by atoms with van der Waals surface area (Å²) in [7, 11) is 0. The number of carboxylic acid groups (broad SMARTS) is 1. The summed E-state index contributed by atoms with van der Waals surface area (Å²) in [6.45, 7) is 3.91. The Labute approximate surface area is 131 Å². The van der Waals surface area contributed by atoms with E-state index in [1.54, 1.807) is 5.32 Å². The van der Waals surface area contributed by atoms with Gasteiger partial charge in [0.05, 0.1) is 6.04 Å². The van der Waals surface area contributed by atoms with E-state index in [-0.39, 0.29) is 30.2 Å². The normalized spacial score (nSPS) is 29.8. The Kier molecular flexibility index (Phi) is 4.34. The first-order valence-corrected chi connectivity index (χ1v) is 7.36. The van der Waals surface area contributed by atoms with Crippen molar-refractivity contribution in [1.82, 2.24) is 10.2 Å². The third-order valence-corrected chi connectivity index (χ3v) is 4.55. The maximum absolute atomic E-state index is 12.4. The zero-order chi connectivity index (χ0) is 17.6. The third-order valence-electron chi connectivity index (χ3n) is 4.55. The van der Waals surface area contributed by atoms with E-state index in [9.17, 15) is 32.7 Å². The summed E-state index contributed by atoms with van der Waals surface area (Å²) in [4.78, 5) is 36.1. The molecule has 0 radical (unpaired) electrons. The molecule has 0 aromatic rings. The summed E-state index contributed by atoms with van der Waals surface area (Å²) in [6.07, 6.45) is -4.05. The Hall–Kier alpha value is -1.80. The summed E-state index contributed by atoms with van der Waals surface area (Å²) in [6, 6.07) is -2.72. The maximum Gasteiger partial charge on any atom is 0.471 e. The molecule has 2 N–H and O–H groups in total. The van der Waals surface area contributed by atoms with E-state index in [2.05, 4.69) is 0 Å². The van der Waals surface area contributed by atoms with Crippen molar-refractivity contribution in [3.8, 4) is 0 Å². The molecule has 1 saturated carbocycles. The summed E-state index contributed by atoms with van der Waals surface area (Å²) >= 11 is 0. The molecule has 1 aliphatic carbocycles. The minimum absolute atomic E-state index is 0.0800. The van der Waals surface area contributed by atoms with E-state index in [1.165, 1.54) is 0 Å². The molecule has 2 amide bonds. The highest BCUT2D eigenvalue weighted by atomic mass is 19.4. The summed E-state index contributed by atoms with van der Waals surface area (Å²) in [5.74, 6) is -4.28. The standard InChI is InChI=1S/C14H19F3N2O4/c1-13(2)6-7(13)10(20)19-5-3-4-8(9(19)11(21)22)18-12(23)14(15,16)17/h7-9H,3-6H2,1-2H3,(H,18,23)(H,21,22). The molecule has 23 heavy (non-hydrogen) atoms. The number of piperidine rings is 1. The highest BCUT2D eigenvalue weighted by Crippen LogP contribution is 2.52. The van der Waals surface area contributed by atoms with Crippen molar-refractivity contribution in [1.29, 1.82) is 0 Å². The smallest absolute Gasteiger partial charge is 0.471 e. The van der Waals surface area contributed by atoms with Crippen LogP contribution in [0.3, 0.4) is 0 Å². The van der Waals surface area contributed by atoms with Gasteiger partial charge in [-0.3, -0.25) is 9.59 Å². The number of carbonyl (C=O) groups excluding carboxylic acids is 2. The van der Waals surface area contributed by atoms with E-state index < -0.39 is 30.1 Å². The van der Waals surface area contributed by atoms with Gasteiger partial charge in [-0.1, -0.05) is 13.8 Å². The summed E-state index contributed by atoms with van der Waals surface area (Å²) in [5.41, 5.74) is -0.220. The fourth-order valence-electron chi connectivity index (χ4n) is 3.04. The number of rotatable bonds is 3. The lowest BCUT2D eigenvalue weighted by atomic mass is 9.94. The van der Waals surface area contributed by atoms with Gasteiger partial charge in [-0.05, 0) is 24.7 Å². The van der Waals surface area contributed by atoms with Crippen LogP contribution in [0.1, 0.15) is 33.1 Å². The van der Waals surface area contributed by atoms with Crippen LogP contribution in [0.25, 0.3) is 0 Å². The van der Waals surface area contributed by atoms with Crippen molar-refractivity contribution in [3.05, 3.63) is 0 Å². The molecule has 1 aliphatic heterocycles. The summed E-state index contributed by atoms with van der Waals surface area (Å²) < 4.78 is 37.2. The van der Waals surface area contributed by atoms with Crippen LogP contribution in [0, 0.1) is 11.3 Å². The molecular weight excluding hydrogens is 317 g/mol. The highest BCUT2D eigenvalue weighted by molar-refractivity contribution is 5.89. The molecule has 3 unspecified atom stereocenters. The Bertz CT molecular complexity index is 533. The average molecular weight is 336 g/mol. The van der Waals surface area contributed by atoms with Crippen molar-refractivity contribution < 1.29 is 32.7 Å². The van der Waals surface area contributed by atoms with Gasteiger partial charge in [0.25, 0.3) is 0 Å². The molecule has 1 saturated heterocycles. The Morgan fingerprint density at radius 1 is 1.26 bits per heavy atom. The van der Waals surface area contributed by atoms with Crippen LogP contribution in [0.2, 0.25) is 0 Å². The Morgan fingerprint density at radius 3 is 2.26 bits per heavy atom. The number of aliphatic carboxylic acids is 1. The lowest BCUT2D eigenvalue weighted by Crippen LogP contribution is -2.62. The fourth-order valence-corrected chi connectivity index (χ4v) is 3.04. The van der Waals surface area contributed by atoms with Crippen molar-refractivity contribution in [3.63, 3.8) is 0 Å². The number of hydrogen-bond acceptors (Lipinski definition) is 3. The molecule has 2 fully saturated rings.